The standard InChI is InChI=1S/C38H38I2N2/c1-22-8-12-29(13-9-22)16-18-31-35(39)27(6)37(41-31)34(33-25(4)20-24(3)21-26(33)5)38-28(7)36(40)32(42-38)19-17-30-14-10-23(2)11-15-30/h8-21,31,41-42H,1-7H3/b18-16+,19-17+,37-34-. The van der Waals surface area contributed by atoms with Crippen LogP contribution >= 0.6 is 45.2 Å². The van der Waals surface area contributed by atoms with E-state index in [0.29, 0.717) is 0 Å². The van der Waals surface area contributed by atoms with Crippen LogP contribution in [0.3, 0.4) is 0 Å². The Kier molecular flexibility index (Phi) is 9.33. The molecule has 1 aromatic heterocycles. The van der Waals surface area contributed by atoms with Gasteiger partial charge in [0.05, 0.1) is 17.4 Å². The first-order chi connectivity index (χ1) is 20.0. The molecule has 0 saturated heterocycles. The second-order valence-electron chi connectivity index (χ2n) is 11.5. The molecule has 0 saturated carbocycles. The van der Waals surface area contributed by atoms with E-state index in [1.165, 1.54) is 79.8 Å². The van der Waals surface area contributed by atoms with E-state index in [9.17, 15) is 0 Å². The van der Waals surface area contributed by atoms with E-state index in [0.717, 1.165) is 5.69 Å². The number of hydrogen-bond acceptors (Lipinski definition) is 1. The number of H-pyrrole nitrogens is 1. The topological polar surface area (TPSA) is 27.8 Å². The van der Waals surface area contributed by atoms with Gasteiger partial charge in [0.15, 0.2) is 0 Å². The van der Waals surface area contributed by atoms with Crippen LogP contribution in [0.15, 0.2) is 81.6 Å². The van der Waals surface area contributed by atoms with Crippen LogP contribution in [0.5, 0.6) is 0 Å². The first-order valence-corrected chi connectivity index (χ1v) is 16.5. The second kappa shape index (κ2) is 12.8. The molecule has 5 rings (SSSR count). The van der Waals surface area contributed by atoms with Crippen molar-refractivity contribution in [2.45, 2.75) is 54.5 Å². The van der Waals surface area contributed by atoms with Gasteiger partial charge in [0.1, 0.15) is 0 Å². The van der Waals surface area contributed by atoms with Crippen LogP contribution in [0.25, 0.3) is 23.8 Å². The van der Waals surface area contributed by atoms with Gasteiger partial charge >= 0.3 is 0 Å². The molecule has 0 bridgehead atoms. The first kappa shape index (κ1) is 30.6. The minimum Gasteiger partial charge on any atom is -0.373 e. The lowest BCUT2D eigenvalue weighted by molar-refractivity contribution is 0.843. The van der Waals surface area contributed by atoms with Gasteiger partial charge in [0.25, 0.3) is 0 Å². The summed E-state index contributed by atoms with van der Waals surface area (Å²) in [5.74, 6) is 0. The largest absolute Gasteiger partial charge is 0.373 e. The number of halogens is 2. The molecular formula is C38H38I2N2. The molecule has 2 nitrogen and oxygen atoms in total. The number of aromatic amines is 1. The smallest absolute Gasteiger partial charge is 0.0761 e. The van der Waals surface area contributed by atoms with Crippen molar-refractivity contribution in [1.29, 1.82) is 0 Å². The Morgan fingerprint density at radius 2 is 1.24 bits per heavy atom. The zero-order valence-corrected chi connectivity index (χ0v) is 29.7. The van der Waals surface area contributed by atoms with Gasteiger partial charge in [-0.3, -0.25) is 0 Å². The minimum atomic E-state index is 0.123. The number of aryl methyl sites for hydroxylation is 5. The van der Waals surface area contributed by atoms with Crippen molar-refractivity contribution in [3.05, 3.63) is 147 Å². The SMILES string of the molecule is CC1=C(I)C(/C=C/c2ccc(C)cc2)N/C1=C(\c1[nH]c(/C=C/c2ccc(C)cc2)c(I)c1C)c1c(C)cc(C)cc1C. The van der Waals surface area contributed by atoms with Crippen LogP contribution in [0.1, 0.15) is 68.4 Å². The highest BCUT2D eigenvalue weighted by Crippen LogP contribution is 2.41. The fourth-order valence-corrected chi connectivity index (χ4v) is 6.94. The van der Waals surface area contributed by atoms with E-state index < -0.39 is 0 Å². The Hall–Kier alpha value is -2.84. The summed E-state index contributed by atoms with van der Waals surface area (Å²) in [6.45, 7) is 15.4. The Morgan fingerprint density at radius 3 is 1.81 bits per heavy atom. The molecule has 214 valence electrons. The highest BCUT2D eigenvalue weighted by atomic mass is 127. The molecule has 0 fully saturated rings. The summed E-state index contributed by atoms with van der Waals surface area (Å²) in [6.07, 6.45) is 8.92. The molecule has 1 unspecified atom stereocenters. The lowest BCUT2D eigenvalue weighted by atomic mass is 9.88. The monoisotopic (exact) mass is 776 g/mol. The van der Waals surface area contributed by atoms with Gasteiger partial charge in [-0.1, -0.05) is 95.6 Å². The van der Waals surface area contributed by atoms with Crippen molar-refractivity contribution in [1.82, 2.24) is 10.3 Å². The van der Waals surface area contributed by atoms with Crippen molar-refractivity contribution >= 4 is 69.0 Å². The number of allylic oxidation sites excluding steroid dienone is 1. The van der Waals surface area contributed by atoms with Gasteiger partial charge in [0.2, 0.25) is 0 Å². The molecule has 2 N–H and O–H groups in total. The number of nitrogens with one attached hydrogen (secondary N) is 2. The summed E-state index contributed by atoms with van der Waals surface area (Å²) >= 11 is 5.03. The Labute approximate surface area is 278 Å². The minimum absolute atomic E-state index is 0.123. The van der Waals surface area contributed by atoms with Gasteiger partial charge in [-0.2, -0.15) is 0 Å². The summed E-state index contributed by atoms with van der Waals surface area (Å²) in [5.41, 5.74) is 17.4. The Balaban J connectivity index is 1.64. The van der Waals surface area contributed by atoms with Crippen LogP contribution in [-0.4, -0.2) is 11.0 Å². The fraction of sp³-hybridized carbons (Fsp3) is 0.211. The lowest BCUT2D eigenvalue weighted by Gasteiger charge is -2.20. The van der Waals surface area contributed by atoms with Gasteiger partial charge in [-0.15, -0.1) is 0 Å². The molecule has 0 amide bonds. The average molecular weight is 777 g/mol. The molecule has 2 heterocycles. The van der Waals surface area contributed by atoms with Crippen molar-refractivity contribution < 1.29 is 0 Å². The van der Waals surface area contributed by atoms with E-state index >= 15 is 0 Å². The van der Waals surface area contributed by atoms with Crippen molar-refractivity contribution in [2.24, 2.45) is 0 Å². The van der Waals surface area contributed by atoms with Crippen molar-refractivity contribution in [3.63, 3.8) is 0 Å². The molecule has 4 aromatic rings. The molecular weight excluding hydrogens is 738 g/mol. The van der Waals surface area contributed by atoms with Crippen LogP contribution < -0.4 is 5.32 Å². The van der Waals surface area contributed by atoms with Gasteiger partial charge in [0, 0.05) is 18.4 Å². The predicted molar refractivity (Wildman–Crippen MR) is 199 cm³/mol. The molecule has 0 radical (unpaired) electrons. The maximum atomic E-state index is 3.93. The molecule has 0 aliphatic carbocycles. The summed E-state index contributed by atoms with van der Waals surface area (Å²) in [6, 6.07) is 22.1. The fourth-order valence-electron chi connectivity index (χ4n) is 5.72. The summed E-state index contributed by atoms with van der Waals surface area (Å²) in [5, 5.41) is 3.93. The van der Waals surface area contributed by atoms with E-state index in [1.54, 1.807) is 0 Å². The number of benzene rings is 3. The Bertz CT molecular complexity index is 1740. The summed E-state index contributed by atoms with van der Waals surface area (Å²) < 4.78 is 2.57. The first-order valence-electron chi connectivity index (χ1n) is 14.4. The lowest BCUT2D eigenvalue weighted by Crippen LogP contribution is -2.21. The molecule has 3 aromatic carbocycles. The summed E-state index contributed by atoms with van der Waals surface area (Å²) in [7, 11) is 0. The van der Waals surface area contributed by atoms with E-state index in [1.807, 2.05) is 0 Å². The van der Waals surface area contributed by atoms with Crippen molar-refractivity contribution in [2.75, 3.05) is 0 Å². The molecule has 4 heteroatoms. The maximum Gasteiger partial charge on any atom is 0.0761 e. The molecule has 1 aliphatic rings. The van der Waals surface area contributed by atoms with Crippen molar-refractivity contribution in [3.8, 4) is 0 Å². The third kappa shape index (κ3) is 6.40. The van der Waals surface area contributed by atoms with E-state index in [2.05, 4.69) is 189 Å². The molecule has 42 heavy (non-hydrogen) atoms. The second-order valence-corrected chi connectivity index (χ2v) is 13.7. The predicted octanol–water partition coefficient (Wildman–Crippen LogP) is 10.8. The van der Waals surface area contributed by atoms with E-state index in [-0.39, 0.29) is 6.04 Å². The third-order valence-corrected chi connectivity index (χ3v) is 10.9. The molecule has 1 atom stereocenters. The van der Waals surface area contributed by atoms with E-state index in [4.69, 9.17) is 0 Å². The number of hydrogen-bond donors (Lipinski definition) is 2. The average Bonchev–Trinajstić information content (AvgIpc) is 3.39. The summed E-state index contributed by atoms with van der Waals surface area (Å²) in [4.78, 5) is 3.85. The maximum absolute atomic E-state index is 3.93. The third-order valence-electron chi connectivity index (χ3n) is 8.01. The zero-order valence-electron chi connectivity index (χ0n) is 25.4. The van der Waals surface area contributed by atoms with Gasteiger partial charge in [-0.25, -0.2) is 0 Å². The zero-order chi connectivity index (χ0) is 30.1. The quantitative estimate of drug-likeness (QED) is 0.188. The van der Waals surface area contributed by atoms with Crippen LogP contribution in [0, 0.1) is 45.1 Å². The highest BCUT2D eigenvalue weighted by molar-refractivity contribution is 14.1. The van der Waals surface area contributed by atoms with Gasteiger partial charge in [-0.05, 0) is 139 Å². The number of aromatic nitrogens is 1. The van der Waals surface area contributed by atoms with Gasteiger partial charge < -0.3 is 10.3 Å². The highest BCUT2D eigenvalue weighted by Gasteiger charge is 2.29. The van der Waals surface area contributed by atoms with Crippen LogP contribution in [0.2, 0.25) is 0 Å². The Morgan fingerprint density at radius 1 is 0.690 bits per heavy atom. The van der Waals surface area contributed by atoms with Crippen LogP contribution in [-0.2, 0) is 0 Å². The molecule has 0 spiro atoms. The number of rotatable bonds is 6. The normalized spacial score (nSPS) is 16.6. The molecule has 1 aliphatic heterocycles. The van der Waals surface area contributed by atoms with Crippen LogP contribution in [0.4, 0.5) is 0 Å².